The first kappa shape index (κ1) is 32.1. The number of nitrogens with one attached hydrogen (secondary N) is 2. The van der Waals surface area contributed by atoms with Crippen molar-refractivity contribution in [2.75, 3.05) is 74.3 Å². The number of anilines is 3. The Hall–Kier alpha value is -3.80. The second-order valence-corrected chi connectivity index (χ2v) is 10.4. The van der Waals surface area contributed by atoms with Gasteiger partial charge in [0, 0.05) is 43.2 Å². The molecule has 11 heteroatoms. The van der Waals surface area contributed by atoms with Crippen LogP contribution in [0.2, 0.25) is 0 Å². The molecule has 0 saturated carbocycles. The van der Waals surface area contributed by atoms with Crippen LogP contribution in [0.3, 0.4) is 0 Å². The molecular weight excluding hydrogens is 550 g/mol. The van der Waals surface area contributed by atoms with E-state index in [-0.39, 0.29) is 30.7 Å². The number of piperidine rings is 1. The summed E-state index contributed by atoms with van der Waals surface area (Å²) >= 11 is 0. The quantitative estimate of drug-likeness (QED) is 0.352. The van der Waals surface area contributed by atoms with Gasteiger partial charge >= 0.3 is 5.97 Å². The Morgan fingerprint density at radius 3 is 2.26 bits per heavy atom. The number of nitrogens with zero attached hydrogens (tertiary/aromatic N) is 3. The number of hydrogen-bond acceptors (Lipinski definition) is 9. The summed E-state index contributed by atoms with van der Waals surface area (Å²) in [5, 5.41) is 12.4. The van der Waals surface area contributed by atoms with Gasteiger partial charge in [0.25, 0.3) is 11.8 Å². The van der Waals surface area contributed by atoms with Crippen LogP contribution < -0.4 is 15.1 Å². The largest absolute Gasteiger partial charge is 0.462 e. The fraction of sp³-hybridized carbons (Fsp3) is 0.500. The number of hydrogen-bond donors (Lipinski definition) is 2. The molecular formula is C32H43N5O6. The van der Waals surface area contributed by atoms with Gasteiger partial charge in [-0.2, -0.15) is 0 Å². The monoisotopic (exact) mass is 593 g/mol. The maximum Gasteiger partial charge on any atom is 0.352 e. The van der Waals surface area contributed by atoms with Crippen molar-refractivity contribution in [2.24, 2.45) is 5.92 Å². The summed E-state index contributed by atoms with van der Waals surface area (Å²) in [5.41, 5.74) is 1.48. The van der Waals surface area contributed by atoms with Gasteiger partial charge in [0.2, 0.25) is 0 Å². The molecule has 2 aromatic rings. The number of rotatable bonds is 8. The highest BCUT2D eigenvalue weighted by Crippen LogP contribution is 2.39. The number of ether oxygens (including phenoxy) is 3. The van der Waals surface area contributed by atoms with E-state index in [1.165, 1.54) is 0 Å². The molecule has 5 rings (SSSR count). The average molecular weight is 594 g/mol. The Bertz CT molecular complexity index is 1300. The van der Waals surface area contributed by atoms with E-state index in [0.29, 0.717) is 58.1 Å². The number of benzene rings is 2. The topological polar surface area (TPSA) is 124 Å². The van der Waals surface area contributed by atoms with Gasteiger partial charge in [0.1, 0.15) is 12.3 Å². The minimum Gasteiger partial charge on any atom is -0.462 e. The van der Waals surface area contributed by atoms with Crippen LogP contribution in [0, 0.1) is 18.3 Å². The summed E-state index contributed by atoms with van der Waals surface area (Å²) < 4.78 is 16.1. The molecule has 2 aromatic carbocycles. The zero-order valence-corrected chi connectivity index (χ0v) is 25.6. The van der Waals surface area contributed by atoms with Crippen LogP contribution in [0.15, 0.2) is 48.5 Å². The third-order valence-electron chi connectivity index (χ3n) is 7.88. The zero-order chi connectivity index (χ0) is 31.0. The van der Waals surface area contributed by atoms with E-state index < -0.39 is 17.6 Å². The fourth-order valence-corrected chi connectivity index (χ4v) is 5.91. The highest BCUT2D eigenvalue weighted by Gasteiger charge is 2.58. The van der Waals surface area contributed by atoms with Crippen LogP contribution >= 0.6 is 0 Å². The van der Waals surface area contributed by atoms with Crippen molar-refractivity contribution >= 4 is 40.6 Å². The third-order valence-corrected chi connectivity index (χ3v) is 7.88. The molecule has 2 unspecified atom stereocenters. The molecule has 0 spiro atoms. The predicted octanol–water partition coefficient (Wildman–Crippen LogP) is 3.46. The van der Waals surface area contributed by atoms with Gasteiger partial charge < -0.3 is 29.3 Å². The molecule has 2 amide bonds. The number of carbonyl (C=O) groups excluding carboxylic acids is 3. The Kier molecular flexibility index (Phi) is 10.9. The van der Waals surface area contributed by atoms with Crippen molar-refractivity contribution in [3.8, 4) is 0 Å². The summed E-state index contributed by atoms with van der Waals surface area (Å²) in [6.45, 7) is 10.9. The molecule has 2 atom stereocenters. The van der Waals surface area contributed by atoms with Crippen molar-refractivity contribution in [1.82, 2.24) is 4.90 Å². The molecule has 3 aliphatic rings. The van der Waals surface area contributed by atoms with E-state index in [1.54, 1.807) is 16.7 Å². The van der Waals surface area contributed by atoms with E-state index in [4.69, 9.17) is 19.6 Å². The zero-order valence-electron chi connectivity index (χ0n) is 25.6. The van der Waals surface area contributed by atoms with Gasteiger partial charge in [-0.15, -0.1) is 0 Å². The molecule has 3 fully saturated rings. The molecule has 0 aromatic heterocycles. The summed E-state index contributed by atoms with van der Waals surface area (Å²) in [4.78, 5) is 45.5. The van der Waals surface area contributed by atoms with Crippen molar-refractivity contribution < 1.29 is 28.6 Å². The summed E-state index contributed by atoms with van der Waals surface area (Å²) in [6.07, 6.45) is 0.364. The highest BCUT2D eigenvalue weighted by molar-refractivity contribution is 6.37. The minimum absolute atomic E-state index is 0.0485. The van der Waals surface area contributed by atoms with Crippen LogP contribution in [0.25, 0.3) is 0 Å². The van der Waals surface area contributed by atoms with E-state index in [2.05, 4.69) is 5.32 Å². The fourth-order valence-electron chi connectivity index (χ4n) is 5.91. The Morgan fingerprint density at radius 2 is 1.63 bits per heavy atom. The summed E-state index contributed by atoms with van der Waals surface area (Å²) in [5.74, 6) is -1.86. The minimum atomic E-state index is -1.43. The van der Waals surface area contributed by atoms with E-state index in [0.717, 1.165) is 16.9 Å². The summed E-state index contributed by atoms with van der Waals surface area (Å²) in [7, 11) is 0. The molecule has 43 heavy (non-hydrogen) atoms. The van der Waals surface area contributed by atoms with Crippen LogP contribution in [0.5, 0.6) is 0 Å². The standard InChI is InChI=1S/C30H37N5O6.C2H6/c1-3-41-28(37)27(31)25-11-12-35(24-9-7-23(8-10-24)34-15-18-40-20-26(34)36)29(38)30(25,33-13-16-39-17-14-33)32-22-6-4-5-21(2)19-22;1-2/h4-10,19,25,31-32H,3,11-18,20H2,1-2H3;1-2H3. The molecule has 3 aliphatic heterocycles. The number of aryl methyl sites for hydroxylation is 1. The van der Waals surface area contributed by atoms with E-state index in [1.807, 2.05) is 74.2 Å². The SMILES string of the molecule is CC.CCOC(=O)C(=N)C1CCN(c2ccc(N3CCOCC3=O)cc2)C(=O)C1(Nc1cccc(C)c1)N1CCOCC1. The molecule has 11 nitrogen and oxygen atoms in total. The van der Waals surface area contributed by atoms with Crippen LogP contribution in [0.4, 0.5) is 17.1 Å². The average Bonchev–Trinajstić information content (AvgIpc) is 3.03. The van der Waals surface area contributed by atoms with Crippen molar-refractivity contribution in [2.45, 2.75) is 39.8 Å². The van der Waals surface area contributed by atoms with Crippen molar-refractivity contribution in [3.63, 3.8) is 0 Å². The van der Waals surface area contributed by atoms with Crippen LogP contribution in [0.1, 0.15) is 32.8 Å². The van der Waals surface area contributed by atoms with Crippen LogP contribution in [-0.2, 0) is 28.6 Å². The number of carbonyl (C=O) groups is 3. The van der Waals surface area contributed by atoms with E-state index in [9.17, 15) is 14.4 Å². The van der Waals surface area contributed by atoms with Crippen LogP contribution in [-0.4, -0.2) is 93.3 Å². The molecule has 3 heterocycles. The molecule has 3 saturated heterocycles. The maximum atomic E-state index is 14.8. The first-order chi connectivity index (χ1) is 20.8. The number of morpholine rings is 2. The molecule has 0 bridgehead atoms. The number of amides is 2. The first-order valence-electron chi connectivity index (χ1n) is 15.1. The molecule has 2 N–H and O–H groups in total. The molecule has 0 aliphatic carbocycles. The second kappa shape index (κ2) is 14.6. The van der Waals surface area contributed by atoms with Crippen molar-refractivity contribution in [3.05, 3.63) is 54.1 Å². The predicted molar refractivity (Wildman–Crippen MR) is 166 cm³/mol. The normalized spacial score (nSPS) is 22.8. The van der Waals surface area contributed by atoms with Gasteiger partial charge in [-0.1, -0.05) is 26.0 Å². The van der Waals surface area contributed by atoms with E-state index >= 15 is 0 Å². The number of esters is 1. The lowest BCUT2D eigenvalue weighted by molar-refractivity contribution is -0.139. The van der Waals surface area contributed by atoms with Gasteiger partial charge in [-0.3, -0.25) is 19.9 Å². The van der Waals surface area contributed by atoms with Gasteiger partial charge in [-0.25, -0.2) is 4.79 Å². The highest BCUT2D eigenvalue weighted by atomic mass is 16.5. The maximum absolute atomic E-state index is 14.8. The summed E-state index contributed by atoms with van der Waals surface area (Å²) in [6, 6.07) is 15.1. The Labute approximate surface area is 253 Å². The first-order valence-corrected chi connectivity index (χ1v) is 15.1. The van der Waals surface area contributed by atoms with Gasteiger partial charge in [0.15, 0.2) is 5.66 Å². The van der Waals surface area contributed by atoms with Gasteiger partial charge in [-0.05, 0) is 62.2 Å². The third kappa shape index (κ3) is 6.74. The van der Waals surface area contributed by atoms with Gasteiger partial charge in [0.05, 0.1) is 32.3 Å². The second-order valence-electron chi connectivity index (χ2n) is 10.4. The lowest BCUT2D eigenvalue weighted by atomic mass is 9.78. The lowest BCUT2D eigenvalue weighted by Gasteiger charge is -2.53. The lowest BCUT2D eigenvalue weighted by Crippen LogP contribution is -2.74. The Balaban J connectivity index is 0.00000207. The van der Waals surface area contributed by atoms with Crippen molar-refractivity contribution in [1.29, 1.82) is 5.41 Å². The Morgan fingerprint density at radius 1 is 0.977 bits per heavy atom. The molecule has 0 radical (unpaired) electrons. The molecule has 232 valence electrons. The smallest absolute Gasteiger partial charge is 0.352 e.